The quantitative estimate of drug-likeness (QED) is 0.867. The second-order valence-electron chi connectivity index (χ2n) is 5.67. The molecule has 0 atom stereocenters. The standard InChI is InChI=1S/C18H21ClN2/c1-14-11-16(19)8-7-15(14)13-20-17-5-4-6-18(12-17)21-9-2-3-10-21/h4-8,11-12,20H,2-3,9-10,13H2,1H3. The summed E-state index contributed by atoms with van der Waals surface area (Å²) in [5.74, 6) is 0. The molecule has 1 aliphatic rings. The van der Waals surface area contributed by atoms with Gasteiger partial charge in [0.2, 0.25) is 0 Å². The maximum absolute atomic E-state index is 6.00. The van der Waals surface area contributed by atoms with Crippen molar-refractivity contribution < 1.29 is 0 Å². The lowest BCUT2D eigenvalue weighted by atomic mass is 10.1. The van der Waals surface area contributed by atoms with E-state index in [0.29, 0.717) is 0 Å². The van der Waals surface area contributed by atoms with Crippen LogP contribution in [0.3, 0.4) is 0 Å². The molecule has 0 radical (unpaired) electrons. The molecule has 1 saturated heterocycles. The van der Waals surface area contributed by atoms with Crippen LogP contribution in [0.1, 0.15) is 24.0 Å². The highest BCUT2D eigenvalue weighted by atomic mass is 35.5. The monoisotopic (exact) mass is 300 g/mol. The highest BCUT2D eigenvalue weighted by molar-refractivity contribution is 6.30. The van der Waals surface area contributed by atoms with Gasteiger partial charge in [0.05, 0.1) is 0 Å². The van der Waals surface area contributed by atoms with Crippen molar-refractivity contribution >= 4 is 23.0 Å². The molecule has 0 spiro atoms. The van der Waals surface area contributed by atoms with E-state index in [-0.39, 0.29) is 0 Å². The summed E-state index contributed by atoms with van der Waals surface area (Å²) in [6.07, 6.45) is 2.61. The topological polar surface area (TPSA) is 15.3 Å². The number of rotatable bonds is 4. The van der Waals surface area contributed by atoms with Crippen molar-refractivity contribution in [1.82, 2.24) is 0 Å². The molecule has 0 aromatic heterocycles. The maximum atomic E-state index is 6.00. The Labute approximate surface area is 131 Å². The van der Waals surface area contributed by atoms with Crippen molar-refractivity contribution in [1.29, 1.82) is 0 Å². The molecule has 2 aromatic carbocycles. The minimum absolute atomic E-state index is 0.798. The summed E-state index contributed by atoms with van der Waals surface area (Å²) in [5.41, 5.74) is 5.01. The van der Waals surface area contributed by atoms with E-state index in [1.165, 1.54) is 48.4 Å². The van der Waals surface area contributed by atoms with Gasteiger partial charge in [-0.05, 0) is 61.2 Å². The van der Waals surface area contributed by atoms with E-state index in [1.807, 2.05) is 12.1 Å². The van der Waals surface area contributed by atoms with E-state index in [0.717, 1.165) is 11.6 Å². The fourth-order valence-corrected chi connectivity index (χ4v) is 3.07. The summed E-state index contributed by atoms with van der Waals surface area (Å²) in [6.45, 7) is 5.29. The Bertz CT molecular complexity index is 618. The SMILES string of the molecule is Cc1cc(Cl)ccc1CNc1cccc(N2CCCC2)c1. The number of anilines is 2. The zero-order chi connectivity index (χ0) is 14.7. The summed E-state index contributed by atoms with van der Waals surface area (Å²) in [7, 11) is 0. The average molecular weight is 301 g/mol. The summed E-state index contributed by atoms with van der Waals surface area (Å²) in [6, 6.07) is 14.8. The van der Waals surface area contributed by atoms with E-state index in [1.54, 1.807) is 0 Å². The Kier molecular flexibility index (Phi) is 4.35. The van der Waals surface area contributed by atoms with Crippen molar-refractivity contribution in [2.24, 2.45) is 0 Å². The van der Waals surface area contributed by atoms with Crippen LogP contribution in [0.5, 0.6) is 0 Å². The molecular weight excluding hydrogens is 280 g/mol. The first-order valence-corrected chi connectivity index (χ1v) is 7.94. The van der Waals surface area contributed by atoms with Crippen LogP contribution in [0, 0.1) is 6.92 Å². The second kappa shape index (κ2) is 6.40. The summed E-state index contributed by atoms with van der Waals surface area (Å²) < 4.78 is 0. The van der Waals surface area contributed by atoms with Crippen LogP contribution in [0.25, 0.3) is 0 Å². The zero-order valence-electron chi connectivity index (χ0n) is 12.4. The summed E-state index contributed by atoms with van der Waals surface area (Å²) in [4.78, 5) is 2.46. The Hall–Kier alpha value is -1.67. The van der Waals surface area contributed by atoms with E-state index in [9.17, 15) is 0 Å². The molecule has 1 N–H and O–H groups in total. The fourth-order valence-electron chi connectivity index (χ4n) is 2.84. The van der Waals surface area contributed by atoms with Crippen molar-refractivity contribution in [2.45, 2.75) is 26.3 Å². The van der Waals surface area contributed by atoms with Gasteiger partial charge in [-0.15, -0.1) is 0 Å². The van der Waals surface area contributed by atoms with Gasteiger partial charge in [-0.25, -0.2) is 0 Å². The van der Waals surface area contributed by atoms with Crippen LogP contribution in [0.15, 0.2) is 42.5 Å². The number of hydrogen-bond donors (Lipinski definition) is 1. The van der Waals surface area contributed by atoms with Crippen molar-refractivity contribution in [3.63, 3.8) is 0 Å². The van der Waals surface area contributed by atoms with Gasteiger partial charge in [0.25, 0.3) is 0 Å². The summed E-state index contributed by atoms with van der Waals surface area (Å²) >= 11 is 6.00. The van der Waals surface area contributed by atoms with Crippen LogP contribution in [0.2, 0.25) is 5.02 Å². The predicted octanol–water partition coefficient (Wildman–Crippen LogP) is 4.86. The fraction of sp³-hybridized carbons (Fsp3) is 0.333. The molecule has 0 unspecified atom stereocenters. The molecule has 0 aliphatic carbocycles. The lowest BCUT2D eigenvalue weighted by Crippen LogP contribution is -2.17. The first kappa shape index (κ1) is 14.3. The minimum atomic E-state index is 0.798. The molecule has 0 bridgehead atoms. The third kappa shape index (κ3) is 3.51. The number of nitrogens with zero attached hydrogens (tertiary/aromatic N) is 1. The zero-order valence-corrected chi connectivity index (χ0v) is 13.2. The van der Waals surface area contributed by atoms with Gasteiger partial charge in [-0.2, -0.15) is 0 Å². The minimum Gasteiger partial charge on any atom is -0.381 e. The lowest BCUT2D eigenvalue weighted by molar-refractivity contribution is 0.949. The molecular formula is C18H21ClN2. The number of aryl methyl sites for hydroxylation is 1. The predicted molar refractivity (Wildman–Crippen MR) is 91.4 cm³/mol. The average Bonchev–Trinajstić information content (AvgIpc) is 3.01. The molecule has 1 aliphatic heterocycles. The number of halogens is 1. The smallest absolute Gasteiger partial charge is 0.0408 e. The lowest BCUT2D eigenvalue weighted by Gasteiger charge is -2.19. The van der Waals surface area contributed by atoms with Gasteiger partial charge in [-0.3, -0.25) is 0 Å². The van der Waals surface area contributed by atoms with Crippen molar-refractivity contribution in [3.8, 4) is 0 Å². The Morgan fingerprint density at radius 3 is 2.67 bits per heavy atom. The number of hydrogen-bond acceptors (Lipinski definition) is 2. The molecule has 2 nitrogen and oxygen atoms in total. The molecule has 2 aromatic rings. The molecule has 1 fully saturated rings. The third-order valence-corrected chi connectivity index (χ3v) is 4.34. The Morgan fingerprint density at radius 1 is 1.10 bits per heavy atom. The molecule has 3 heteroatoms. The van der Waals surface area contributed by atoms with Gasteiger partial charge in [0.15, 0.2) is 0 Å². The molecule has 0 saturated carbocycles. The van der Waals surface area contributed by atoms with Gasteiger partial charge in [0, 0.05) is 36.0 Å². The highest BCUT2D eigenvalue weighted by Crippen LogP contribution is 2.24. The van der Waals surface area contributed by atoms with Gasteiger partial charge in [-0.1, -0.05) is 23.7 Å². The molecule has 110 valence electrons. The summed E-state index contributed by atoms with van der Waals surface area (Å²) in [5, 5.41) is 4.31. The Morgan fingerprint density at radius 2 is 1.90 bits per heavy atom. The number of nitrogens with one attached hydrogen (secondary N) is 1. The largest absolute Gasteiger partial charge is 0.381 e. The van der Waals surface area contributed by atoms with Gasteiger partial charge in [0.1, 0.15) is 0 Å². The van der Waals surface area contributed by atoms with E-state index < -0.39 is 0 Å². The maximum Gasteiger partial charge on any atom is 0.0408 e. The second-order valence-corrected chi connectivity index (χ2v) is 6.11. The van der Waals surface area contributed by atoms with Crippen LogP contribution in [-0.2, 0) is 6.54 Å². The van der Waals surface area contributed by atoms with Crippen LogP contribution in [-0.4, -0.2) is 13.1 Å². The van der Waals surface area contributed by atoms with Crippen molar-refractivity contribution in [2.75, 3.05) is 23.3 Å². The molecule has 21 heavy (non-hydrogen) atoms. The first-order valence-electron chi connectivity index (χ1n) is 7.56. The van der Waals surface area contributed by atoms with E-state index in [2.05, 4.69) is 47.5 Å². The van der Waals surface area contributed by atoms with Crippen LogP contribution < -0.4 is 10.2 Å². The normalized spacial score (nSPS) is 14.5. The number of benzene rings is 2. The Balaban J connectivity index is 1.68. The molecule has 1 heterocycles. The van der Waals surface area contributed by atoms with Gasteiger partial charge < -0.3 is 10.2 Å². The van der Waals surface area contributed by atoms with Crippen LogP contribution >= 0.6 is 11.6 Å². The van der Waals surface area contributed by atoms with Crippen LogP contribution in [0.4, 0.5) is 11.4 Å². The van der Waals surface area contributed by atoms with Gasteiger partial charge >= 0.3 is 0 Å². The van der Waals surface area contributed by atoms with E-state index in [4.69, 9.17) is 11.6 Å². The molecule has 0 amide bonds. The van der Waals surface area contributed by atoms with Crippen molar-refractivity contribution in [3.05, 3.63) is 58.6 Å². The van der Waals surface area contributed by atoms with E-state index >= 15 is 0 Å². The third-order valence-electron chi connectivity index (χ3n) is 4.10. The molecule has 3 rings (SSSR count). The highest BCUT2D eigenvalue weighted by Gasteiger charge is 2.12. The first-order chi connectivity index (χ1) is 10.2.